The van der Waals surface area contributed by atoms with Crippen LogP contribution in [0, 0.1) is 0 Å². The Morgan fingerprint density at radius 3 is 2.21 bits per heavy atom. The molecule has 0 radical (unpaired) electrons. The fraction of sp³-hybridized carbons (Fsp3) is 0.160. The van der Waals surface area contributed by atoms with Gasteiger partial charge < -0.3 is 20.5 Å². The summed E-state index contributed by atoms with van der Waals surface area (Å²) in [5.74, 6) is -1.61. The van der Waals surface area contributed by atoms with E-state index in [2.05, 4.69) is 38.7 Å². The lowest BCUT2D eigenvalue weighted by Crippen LogP contribution is -2.29. The molecule has 1 aliphatic carbocycles. The topological polar surface area (TPSA) is 105 Å². The Hall–Kier alpha value is -3.65. The molecule has 0 aliphatic heterocycles. The van der Waals surface area contributed by atoms with Gasteiger partial charge in [0.25, 0.3) is 0 Å². The molecule has 7 nitrogen and oxygen atoms in total. The number of hydrogen-bond acceptors (Lipinski definition) is 4. The van der Waals surface area contributed by atoms with E-state index in [9.17, 15) is 19.5 Å². The first-order chi connectivity index (χ1) is 15.9. The highest BCUT2D eigenvalue weighted by Gasteiger charge is 2.29. The molecule has 0 aromatic heterocycles. The maximum Gasteiger partial charge on any atom is 0.407 e. The highest BCUT2D eigenvalue weighted by atomic mass is 79.9. The second-order valence-electron chi connectivity index (χ2n) is 7.55. The van der Waals surface area contributed by atoms with Crippen LogP contribution in [0.4, 0.5) is 10.5 Å². The molecule has 0 saturated carbocycles. The molecule has 168 valence electrons. The van der Waals surface area contributed by atoms with Crippen molar-refractivity contribution in [3.8, 4) is 11.1 Å². The second-order valence-corrected chi connectivity index (χ2v) is 8.46. The minimum absolute atomic E-state index is 0.0176. The zero-order valence-corrected chi connectivity index (χ0v) is 19.1. The van der Waals surface area contributed by atoms with Gasteiger partial charge in [-0.3, -0.25) is 4.79 Å². The standard InChI is InChI=1S/C25H21BrN2O5/c26-15-9-10-20(24(30)31)22(13-15)28-23(29)11-12-27-25(32)33-14-21-18-7-3-1-5-16(18)17-6-2-4-8-19(17)21/h1-10,13,21H,11-12,14H2,(H,27,32)(H,28,29)(H,30,31). The quantitative estimate of drug-likeness (QED) is 0.415. The van der Waals surface area contributed by atoms with Gasteiger partial charge in [0.2, 0.25) is 5.91 Å². The summed E-state index contributed by atoms with van der Waals surface area (Å²) in [5, 5.41) is 14.4. The smallest absolute Gasteiger partial charge is 0.407 e. The molecule has 3 N–H and O–H groups in total. The maximum atomic E-state index is 12.2. The lowest BCUT2D eigenvalue weighted by molar-refractivity contribution is -0.116. The van der Waals surface area contributed by atoms with Gasteiger partial charge in [-0.05, 0) is 40.5 Å². The highest BCUT2D eigenvalue weighted by Crippen LogP contribution is 2.44. The molecular formula is C25H21BrN2O5. The largest absolute Gasteiger partial charge is 0.478 e. The molecule has 0 unspecified atom stereocenters. The molecule has 0 fully saturated rings. The summed E-state index contributed by atoms with van der Waals surface area (Å²) in [6.45, 7) is 0.241. The predicted molar refractivity (Wildman–Crippen MR) is 127 cm³/mol. The molecule has 33 heavy (non-hydrogen) atoms. The van der Waals surface area contributed by atoms with Crippen LogP contribution in [0.5, 0.6) is 0 Å². The van der Waals surface area contributed by atoms with Crippen molar-refractivity contribution in [2.45, 2.75) is 12.3 Å². The summed E-state index contributed by atoms with van der Waals surface area (Å²) in [6.07, 6.45) is -0.645. The van der Waals surface area contributed by atoms with E-state index in [0.29, 0.717) is 4.47 Å². The van der Waals surface area contributed by atoms with Gasteiger partial charge in [0.1, 0.15) is 6.61 Å². The highest BCUT2D eigenvalue weighted by molar-refractivity contribution is 9.10. The molecule has 0 heterocycles. The Morgan fingerprint density at radius 1 is 0.939 bits per heavy atom. The van der Waals surface area contributed by atoms with Crippen LogP contribution in [-0.2, 0) is 9.53 Å². The van der Waals surface area contributed by atoms with Crippen molar-refractivity contribution in [2.24, 2.45) is 0 Å². The summed E-state index contributed by atoms with van der Waals surface area (Å²) in [5.41, 5.74) is 4.70. The molecule has 1 aliphatic rings. The van der Waals surface area contributed by atoms with Crippen molar-refractivity contribution in [3.05, 3.63) is 87.9 Å². The number of carboxylic acid groups (broad SMARTS) is 1. The van der Waals surface area contributed by atoms with Gasteiger partial charge in [0.05, 0.1) is 11.3 Å². The van der Waals surface area contributed by atoms with Gasteiger partial charge >= 0.3 is 12.1 Å². The lowest BCUT2D eigenvalue weighted by atomic mass is 9.98. The molecule has 0 spiro atoms. The number of anilines is 1. The van der Waals surface area contributed by atoms with Crippen molar-refractivity contribution in [1.29, 1.82) is 0 Å². The van der Waals surface area contributed by atoms with E-state index >= 15 is 0 Å². The van der Waals surface area contributed by atoms with E-state index in [-0.39, 0.29) is 36.7 Å². The minimum atomic E-state index is -1.14. The molecule has 2 amide bonds. The van der Waals surface area contributed by atoms with Gasteiger partial charge in [0, 0.05) is 23.4 Å². The normalized spacial score (nSPS) is 11.9. The van der Waals surface area contributed by atoms with Crippen LogP contribution >= 0.6 is 15.9 Å². The first-order valence-corrected chi connectivity index (χ1v) is 11.1. The van der Waals surface area contributed by atoms with Gasteiger partial charge in [-0.1, -0.05) is 64.5 Å². The number of carboxylic acids is 1. The van der Waals surface area contributed by atoms with Crippen molar-refractivity contribution < 1.29 is 24.2 Å². The number of ether oxygens (including phenoxy) is 1. The summed E-state index contributed by atoms with van der Waals surface area (Å²) in [4.78, 5) is 35.7. The maximum absolute atomic E-state index is 12.2. The van der Waals surface area contributed by atoms with E-state index in [1.165, 1.54) is 12.1 Å². The number of rotatable bonds is 7. The number of carbonyl (C=O) groups excluding carboxylic acids is 2. The summed E-state index contributed by atoms with van der Waals surface area (Å²) < 4.78 is 6.08. The number of fused-ring (bicyclic) bond motifs is 3. The third-order valence-corrected chi connectivity index (χ3v) is 5.94. The predicted octanol–water partition coefficient (Wildman–Crippen LogP) is 5.01. The zero-order valence-electron chi connectivity index (χ0n) is 17.5. The summed E-state index contributed by atoms with van der Waals surface area (Å²) in [7, 11) is 0. The lowest BCUT2D eigenvalue weighted by Gasteiger charge is -2.14. The monoisotopic (exact) mass is 508 g/mol. The average molecular weight is 509 g/mol. The number of aromatic carboxylic acids is 1. The van der Waals surface area contributed by atoms with E-state index in [1.807, 2.05) is 36.4 Å². The van der Waals surface area contributed by atoms with Crippen LogP contribution < -0.4 is 10.6 Å². The minimum Gasteiger partial charge on any atom is -0.478 e. The number of carbonyl (C=O) groups is 3. The zero-order chi connectivity index (χ0) is 23.4. The molecule has 0 saturated heterocycles. The average Bonchev–Trinajstić information content (AvgIpc) is 3.11. The van der Waals surface area contributed by atoms with Crippen molar-refractivity contribution in [2.75, 3.05) is 18.5 Å². The van der Waals surface area contributed by atoms with Crippen LogP contribution in [0.15, 0.2) is 71.2 Å². The van der Waals surface area contributed by atoms with Crippen LogP contribution in [0.25, 0.3) is 11.1 Å². The Balaban J connectivity index is 1.28. The van der Waals surface area contributed by atoms with Gasteiger partial charge in [-0.15, -0.1) is 0 Å². The van der Waals surface area contributed by atoms with Crippen molar-refractivity contribution >= 4 is 39.6 Å². The van der Waals surface area contributed by atoms with Gasteiger partial charge in [0.15, 0.2) is 0 Å². The molecular weight excluding hydrogens is 488 g/mol. The Morgan fingerprint density at radius 2 is 1.58 bits per heavy atom. The second kappa shape index (κ2) is 9.87. The molecule has 3 aromatic carbocycles. The molecule has 3 aromatic rings. The molecule has 0 bridgehead atoms. The fourth-order valence-corrected chi connectivity index (χ4v) is 4.31. The summed E-state index contributed by atoms with van der Waals surface area (Å²) in [6, 6.07) is 20.6. The SMILES string of the molecule is O=C(CCNC(=O)OCC1c2ccccc2-c2ccccc21)Nc1cc(Br)ccc1C(=O)O. The number of halogens is 1. The Bertz CT molecular complexity index is 1180. The van der Waals surface area contributed by atoms with Crippen molar-refractivity contribution in [1.82, 2.24) is 5.32 Å². The molecule has 8 heteroatoms. The first-order valence-electron chi connectivity index (χ1n) is 10.4. The molecule has 4 rings (SSSR count). The Labute approximate surface area is 198 Å². The number of hydrogen-bond donors (Lipinski definition) is 3. The van der Waals surface area contributed by atoms with Crippen LogP contribution in [0.1, 0.15) is 33.8 Å². The number of alkyl carbamates (subject to hydrolysis) is 1. The number of nitrogens with one attached hydrogen (secondary N) is 2. The Kier molecular flexibility index (Phi) is 6.74. The van der Waals surface area contributed by atoms with Crippen LogP contribution in [-0.4, -0.2) is 36.2 Å². The van der Waals surface area contributed by atoms with E-state index < -0.39 is 18.0 Å². The fourth-order valence-electron chi connectivity index (χ4n) is 3.95. The van der Waals surface area contributed by atoms with Crippen molar-refractivity contribution in [3.63, 3.8) is 0 Å². The van der Waals surface area contributed by atoms with Gasteiger partial charge in [-0.2, -0.15) is 0 Å². The number of benzene rings is 3. The third-order valence-electron chi connectivity index (χ3n) is 5.45. The van der Waals surface area contributed by atoms with Crippen LogP contribution in [0.3, 0.4) is 0 Å². The third kappa shape index (κ3) is 5.06. The van der Waals surface area contributed by atoms with E-state index in [4.69, 9.17) is 4.74 Å². The number of amides is 2. The van der Waals surface area contributed by atoms with Gasteiger partial charge in [-0.25, -0.2) is 9.59 Å². The summed E-state index contributed by atoms with van der Waals surface area (Å²) >= 11 is 3.25. The van der Waals surface area contributed by atoms with E-state index in [1.54, 1.807) is 6.07 Å². The first kappa shape index (κ1) is 22.5. The van der Waals surface area contributed by atoms with Crippen LogP contribution in [0.2, 0.25) is 0 Å². The molecule has 0 atom stereocenters. The van der Waals surface area contributed by atoms with E-state index in [0.717, 1.165) is 22.3 Å².